The van der Waals surface area contributed by atoms with Gasteiger partial charge in [0, 0.05) is 5.39 Å². The van der Waals surface area contributed by atoms with E-state index in [4.69, 9.17) is 4.42 Å². The summed E-state index contributed by atoms with van der Waals surface area (Å²) >= 11 is 0. The molecule has 2 aromatic heterocycles. The van der Waals surface area contributed by atoms with Gasteiger partial charge in [-0.1, -0.05) is 12.1 Å². The molecule has 0 bridgehead atoms. The number of para-hydroxylation sites is 1. The standard InChI is InChI=1S/C16H10F3NO3/c1-8-5-6-13(23-8)12-7-10(15(21)22)9-3-2-4-11(14(9)20-12)16(17,18)19/h2-7H,1H3,(H,21,22). The van der Waals surface area contributed by atoms with Crippen LogP contribution in [0.2, 0.25) is 0 Å². The highest BCUT2D eigenvalue weighted by molar-refractivity contribution is 6.04. The topological polar surface area (TPSA) is 63.3 Å². The SMILES string of the molecule is Cc1ccc(-c2cc(C(=O)O)c3cccc(C(F)(F)F)c3n2)o1. The van der Waals surface area contributed by atoms with Crippen molar-refractivity contribution in [1.29, 1.82) is 0 Å². The number of aryl methyl sites for hydroxylation is 1. The molecule has 0 aliphatic heterocycles. The van der Waals surface area contributed by atoms with E-state index in [-0.39, 0.29) is 22.4 Å². The lowest BCUT2D eigenvalue weighted by molar-refractivity contribution is -0.136. The van der Waals surface area contributed by atoms with Gasteiger partial charge in [-0.25, -0.2) is 9.78 Å². The fourth-order valence-electron chi connectivity index (χ4n) is 2.35. The molecule has 3 rings (SSSR count). The molecule has 0 unspecified atom stereocenters. The Morgan fingerprint density at radius 1 is 1.22 bits per heavy atom. The van der Waals surface area contributed by atoms with Gasteiger partial charge in [0.15, 0.2) is 5.76 Å². The molecular weight excluding hydrogens is 311 g/mol. The molecule has 2 heterocycles. The third-order valence-electron chi connectivity index (χ3n) is 3.37. The Labute approximate surface area is 128 Å². The van der Waals surface area contributed by atoms with Gasteiger partial charge in [-0.15, -0.1) is 0 Å². The lowest BCUT2D eigenvalue weighted by atomic mass is 10.0. The first-order valence-electron chi connectivity index (χ1n) is 6.58. The minimum absolute atomic E-state index is 0.0414. The molecule has 0 saturated carbocycles. The number of hydrogen-bond acceptors (Lipinski definition) is 3. The maximum atomic E-state index is 13.2. The average Bonchev–Trinajstić information content (AvgIpc) is 2.90. The van der Waals surface area contributed by atoms with Crippen LogP contribution in [0, 0.1) is 6.92 Å². The Balaban J connectivity index is 2.39. The quantitative estimate of drug-likeness (QED) is 0.754. The van der Waals surface area contributed by atoms with Crippen molar-refractivity contribution in [3.8, 4) is 11.5 Å². The van der Waals surface area contributed by atoms with E-state index < -0.39 is 23.2 Å². The molecule has 0 aliphatic rings. The fourth-order valence-corrected chi connectivity index (χ4v) is 2.35. The highest BCUT2D eigenvalue weighted by Crippen LogP contribution is 2.36. The molecule has 0 saturated heterocycles. The number of nitrogens with zero attached hydrogens (tertiary/aromatic N) is 1. The summed E-state index contributed by atoms with van der Waals surface area (Å²) in [6.45, 7) is 1.67. The fraction of sp³-hybridized carbons (Fsp3) is 0.125. The summed E-state index contributed by atoms with van der Waals surface area (Å²) in [6, 6.07) is 7.71. The molecule has 0 radical (unpaired) electrons. The number of pyridine rings is 1. The van der Waals surface area contributed by atoms with Gasteiger partial charge >= 0.3 is 12.1 Å². The molecule has 1 N–H and O–H groups in total. The summed E-state index contributed by atoms with van der Waals surface area (Å²) in [7, 11) is 0. The van der Waals surface area contributed by atoms with Crippen molar-refractivity contribution in [1.82, 2.24) is 4.98 Å². The number of aromatic carboxylic acids is 1. The Kier molecular flexibility index (Phi) is 3.35. The second kappa shape index (κ2) is 5.12. The third-order valence-corrected chi connectivity index (χ3v) is 3.37. The van der Waals surface area contributed by atoms with E-state index in [0.29, 0.717) is 5.76 Å². The van der Waals surface area contributed by atoms with Gasteiger partial charge in [0.05, 0.1) is 16.6 Å². The van der Waals surface area contributed by atoms with Crippen molar-refractivity contribution in [2.24, 2.45) is 0 Å². The van der Waals surface area contributed by atoms with Gasteiger partial charge in [-0.3, -0.25) is 0 Å². The van der Waals surface area contributed by atoms with Gasteiger partial charge in [0.25, 0.3) is 0 Å². The summed E-state index contributed by atoms with van der Waals surface area (Å²) in [5.74, 6) is -0.576. The average molecular weight is 321 g/mol. The number of rotatable bonds is 2. The molecule has 4 nitrogen and oxygen atoms in total. The van der Waals surface area contributed by atoms with Crippen LogP contribution in [0.3, 0.4) is 0 Å². The number of halogens is 3. The number of fused-ring (bicyclic) bond motifs is 1. The predicted molar refractivity (Wildman–Crippen MR) is 76.1 cm³/mol. The predicted octanol–water partition coefficient (Wildman–Crippen LogP) is 4.52. The zero-order chi connectivity index (χ0) is 16.8. The zero-order valence-electron chi connectivity index (χ0n) is 11.8. The molecule has 7 heteroatoms. The van der Waals surface area contributed by atoms with Crippen LogP contribution in [0.4, 0.5) is 13.2 Å². The van der Waals surface area contributed by atoms with Crippen LogP contribution >= 0.6 is 0 Å². The number of carboxylic acids is 1. The van der Waals surface area contributed by atoms with E-state index in [0.717, 1.165) is 12.1 Å². The van der Waals surface area contributed by atoms with E-state index in [2.05, 4.69) is 4.98 Å². The first kappa shape index (κ1) is 15.1. The van der Waals surface area contributed by atoms with E-state index >= 15 is 0 Å². The number of alkyl halides is 3. The van der Waals surface area contributed by atoms with Gasteiger partial charge in [-0.05, 0) is 31.2 Å². The second-order valence-corrected chi connectivity index (χ2v) is 4.97. The van der Waals surface area contributed by atoms with Gasteiger partial charge in [-0.2, -0.15) is 13.2 Å². The van der Waals surface area contributed by atoms with Crippen molar-refractivity contribution < 1.29 is 27.5 Å². The summed E-state index contributed by atoms with van der Waals surface area (Å²) in [5, 5.41) is 9.24. The number of hydrogen-bond donors (Lipinski definition) is 1. The molecule has 0 amide bonds. The molecule has 23 heavy (non-hydrogen) atoms. The number of furan rings is 1. The van der Waals surface area contributed by atoms with Crippen molar-refractivity contribution in [3.05, 3.63) is 53.3 Å². The zero-order valence-corrected chi connectivity index (χ0v) is 11.8. The Bertz CT molecular complexity index is 913. The summed E-state index contributed by atoms with van der Waals surface area (Å²) in [4.78, 5) is 15.4. The van der Waals surface area contributed by atoms with Crippen molar-refractivity contribution in [2.75, 3.05) is 0 Å². The van der Waals surface area contributed by atoms with Crippen LogP contribution in [0.5, 0.6) is 0 Å². The first-order chi connectivity index (χ1) is 10.8. The minimum atomic E-state index is -4.64. The van der Waals surface area contributed by atoms with E-state index in [9.17, 15) is 23.1 Å². The van der Waals surface area contributed by atoms with Crippen LogP contribution in [-0.4, -0.2) is 16.1 Å². The highest BCUT2D eigenvalue weighted by Gasteiger charge is 2.34. The molecular formula is C16H10F3NO3. The van der Waals surface area contributed by atoms with Crippen LogP contribution in [0.1, 0.15) is 21.7 Å². The normalized spacial score (nSPS) is 11.8. The van der Waals surface area contributed by atoms with Crippen LogP contribution in [-0.2, 0) is 6.18 Å². The molecule has 1 aromatic carbocycles. The molecule has 0 fully saturated rings. The van der Waals surface area contributed by atoms with E-state index in [1.165, 1.54) is 18.2 Å². The molecule has 0 aliphatic carbocycles. The largest absolute Gasteiger partial charge is 0.478 e. The molecule has 0 spiro atoms. The molecule has 0 atom stereocenters. The number of carbonyl (C=O) groups is 1. The smallest absolute Gasteiger partial charge is 0.418 e. The summed E-state index contributed by atoms with van der Waals surface area (Å²) in [5.41, 5.74) is -1.61. The second-order valence-electron chi connectivity index (χ2n) is 4.97. The Morgan fingerprint density at radius 2 is 1.96 bits per heavy atom. The third kappa shape index (κ3) is 2.65. The van der Waals surface area contributed by atoms with E-state index in [1.807, 2.05) is 0 Å². The molecule has 3 aromatic rings. The Morgan fingerprint density at radius 3 is 2.52 bits per heavy atom. The van der Waals surface area contributed by atoms with Crippen LogP contribution in [0.15, 0.2) is 40.8 Å². The van der Waals surface area contributed by atoms with E-state index in [1.54, 1.807) is 13.0 Å². The summed E-state index contributed by atoms with van der Waals surface area (Å²) in [6.07, 6.45) is -4.64. The monoisotopic (exact) mass is 321 g/mol. The minimum Gasteiger partial charge on any atom is -0.478 e. The maximum Gasteiger partial charge on any atom is 0.418 e. The van der Waals surface area contributed by atoms with Crippen molar-refractivity contribution in [3.63, 3.8) is 0 Å². The summed E-state index contributed by atoms with van der Waals surface area (Å²) < 4.78 is 44.9. The van der Waals surface area contributed by atoms with Gasteiger partial charge in [0.1, 0.15) is 11.5 Å². The van der Waals surface area contributed by atoms with Crippen LogP contribution in [0.25, 0.3) is 22.4 Å². The lowest BCUT2D eigenvalue weighted by Gasteiger charge is -2.12. The maximum absolute atomic E-state index is 13.2. The number of aromatic nitrogens is 1. The van der Waals surface area contributed by atoms with Gasteiger partial charge < -0.3 is 9.52 Å². The van der Waals surface area contributed by atoms with Crippen molar-refractivity contribution in [2.45, 2.75) is 13.1 Å². The van der Waals surface area contributed by atoms with Crippen LogP contribution < -0.4 is 0 Å². The number of carboxylic acid groups (broad SMARTS) is 1. The molecule has 118 valence electrons. The first-order valence-corrected chi connectivity index (χ1v) is 6.58. The van der Waals surface area contributed by atoms with Gasteiger partial charge in [0.2, 0.25) is 0 Å². The van der Waals surface area contributed by atoms with Crippen molar-refractivity contribution >= 4 is 16.9 Å². The number of benzene rings is 1. The highest BCUT2D eigenvalue weighted by atomic mass is 19.4. The lowest BCUT2D eigenvalue weighted by Crippen LogP contribution is -2.09. The Hall–Kier alpha value is -2.83.